The Kier molecular flexibility index (Phi) is 3.54. The molecule has 0 saturated carbocycles. The summed E-state index contributed by atoms with van der Waals surface area (Å²) in [5, 5.41) is 5.29. The van der Waals surface area contributed by atoms with E-state index in [-0.39, 0.29) is 11.9 Å². The van der Waals surface area contributed by atoms with Crippen LogP contribution in [0.5, 0.6) is 0 Å². The fourth-order valence-corrected chi connectivity index (χ4v) is 3.31. The smallest absolute Gasteiger partial charge is 0.246 e. The number of piperazine rings is 1. The second-order valence-corrected chi connectivity index (χ2v) is 5.89. The lowest BCUT2D eigenvalue weighted by atomic mass is 10.1. The van der Waals surface area contributed by atoms with Gasteiger partial charge in [-0.2, -0.15) is 0 Å². The number of fused-ring (bicyclic) bond motifs is 1. The number of nitrogens with one attached hydrogen (secondary N) is 1. The van der Waals surface area contributed by atoms with E-state index in [4.69, 9.17) is 0 Å². The molecule has 106 valence electrons. The van der Waals surface area contributed by atoms with Gasteiger partial charge in [0.15, 0.2) is 5.82 Å². The lowest BCUT2D eigenvalue weighted by Crippen LogP contribution is -2.58. The van der Waals surface area contributed by atoms with Crippen LogP contribution in [0.4, 0.5) is 5.82 Å². The molecule has 0 spiro atoms. The van der Waals surface area contributed by atoms with Gasteiger partial charge >= 0.3 is 0 Å². The molecule has 1 amide bonds. The van der Waals surface area contributed by atoms with E-state index < -0.39 is 0 Å². The summed E-state index contributed by atoms with van der Waals surface area (Å²) in [5.74, 6) is 0.965. The maximum absolute atomic E-state index is 12.4. The van der Waals surface area contributed by atoms with Crippen molar-refractivity contribution in [3.05, 3.63) is 17.8 Å². The normalized spacial score (nSPS) is 19.3. The molecule has 1 saturated heterocycles. The molecule has 1 N–H and O–H groups in total. The summed E-state index contributed by atoms with van der Waals surface area (Å²) in [6.07, 6.45) is 1.57. The standard InChI is InChI=1S/C13H17N5OS/c1-17(2)13(19)10-7-14-4-5-18(10)12-11-9(3-6-20-11)15-8-16-12/h3,6,8,10,14H,4-5,7H2,1-2H3. The SMILES string of the molecule is CN(C)C(=O)C1CNCCN1c1ncnc2ccsc12. The number of thiophene rings is 1. The van der Waals surface area contributed by atoms with E-state index in [1.54, 1.807) is 36.7 Å². The Morgan fingerprint density at radius 3 is 3.15 bits per heavy atom. The van der Waals surface area contributed by atoms with Crippen LogP contribution in [0.1, 0.15) is 0 Å². The molecule has 1 aliphatic rings. The lowest BCUT2D eigenvalue weighted by molar-refractivity contribution is -0.130. The number of likely N-dealkylation sites (N-methyl/N-ethyl adjacent to an activating group) is 1. The fourth-order valence-electron chi connectivity index (χ4n) is 2.46. The van der Waals surface area contributed by atoms with Crippen LogP contribution >= 0.6 is 11.3 Å². The van der Waals surface area contributed by atoms with Crippen LogP contribution in [-0.2, 0) is 4.79 Å². The molecule has 0 bridgehead atoms. The molecule has 20 heavy (non-hydrogen) atoms. The third-order valence-corrected chi connectivity index (χ3v) is 4.37. The second kappa shape index (κ2) is 5.34. The van der Waals surface area contributed by atoms with Crippen LogP contribution in [0.3, 0.4) is 0 Å². The van der Waals surface area contributed by atoms with Gasteiger partial charge in [-0.3, -0.25) is 4.79 Å². The molecule has 6 nitrogen and oxygen atoms in total. The van der Waals surface area contributed by atoms with E-state index in [0.29, 0.717) is 6.54 Å². The number of carbonyl (C=O) groups is 1. The molecule has 1 aliphatic heterocycles. The van der Waals surface area contributed by atoms with Gasteiger partial charge in [0.25, 0.3) is 0 Å². The Labute approximate surface area is 121 Å². The topological polar surface area (TPSA) is 61.4 Å². The zero-order valence-corrected chi connectivity index (χ0v) is 12.4. The first-order valence-corrected chi connectivity index (χ1v) is 7.43. The molecular formula is C13H17N5OS. The summed E-state index contributed by atoms with van der Waals surface area (Å²) in [4.78, 5) is 24.8. The Morgan fingerprint density at radius 2 is 2.35 bits per heavy atom. The summed E-state index contributed by atoms with van der Waals surface area (Å²) in [5.41, 5.74) is 0.939. The van der Waals surface area contributed by atoms with Crippen molar-refractivity contribution in [1.82, 2.24) is 20.2 Å². The molecule has 1 unspecified atom stereocenters. The van der Waals surface area contributed by atoms with Crippen molar-refractivity contribution in [3.63, 3.8) is 0 Å². The predicted molar refractivity (Wildman–Crippen MR) is 80.1 cm³/mol. The largest absolute Gasteiger partial charge is 0.347 e. The number of rotatable bonds is 2. The van der Waals surface area contributed by atoms with Gasteiger partial charge in [-0.15, -0.1) is 11.3 Å². The van der Waals surface area contributed by atoms with Gasteiger partial charge < -0.3 is 15.1 Å². The Hall–Kier alpha value is -1.73. The van der Waals surface area contributed by atoms with Gasteiger partial charge in [0.1, 0.15) is 12.4 Å². The number of anilines is 1. The van der Waals surface area contributed by atoms with Gasteiger partial charge in [0.2, 0.25) is 5.91 Å². The third-order valence-electron chi connectivity index (χ3n) is 3.47. The van der Waals surface area contributed by atoms with E-state index in [0.717, 1.165) is 29.1 Å². The average Bonchev–Trinajstić information content (AvgIpc) is 2.94. The van der Waals surface area contributed by atoms with E-state index in [2.05, 4.69) is 20.2 Å². The number of nitrogens with zero attached hydrogens (tertiary/aromatic N) is 4. The van der Waals surface area contributed by atoms with Crippen molar-refractivity contribution in [1.29, 1.82) is 0 Å². The molecule has 2 aromatic heterocycles. The summed E-state index contributed by atoms with van der Waals surface area (Å²) >= 11 is 1.62. The summed E-state index contributed by atoms with van der Waals surface area (Å²) in [7, 11) is 3.58. The van der Waals surface area contributed by atoms with Crippen molar-refractivity contribution >= 4 is 33.3 Å². The minimum Gasteiger partial charge on any atom is -0.347 e. The minimum atomic E-state index is -0.209. The van der Waals surface area contributed by atoms with Gasteiger partial charge in [-0.1, -0.05) is 0 Å². The number of aromatic nitrogens is 2. The van der Waals surface area contributed by atoms with Crippen LogP contribution < -0.4 is 10.2 Å². The van der Waals surface area contributed by atoms with Crippen LogP contribution in [0.15, 0.2) is 17.8 Å². The predicted octanol–water partition coefficient (Wildman–Crippen LogP) is 0.558. The Bertz CT molecular complexity index is 626. The zero-order chi connectivity index (χ0) is 14.1. The van der Waals surface area contributed by atoms with Crippen LogP contribution in [0, 0.1) is 0 Å². The number of hydrogen-bond donors (Lipinski definition) is 1. The monoisotopic (exact) mass is 291 g/mol. The first kappa shape index (κ1) is 13.3. The van der Waals surface area contributed by atoms with Gasteiger partial charge in [-0.05, 0) is 11.4 Å². The van der Waals surface area contributed by atoms with E-state index in [9.17, 15) is 4.79 Å². The van der Waals surface area contributed by atoms with E-state index >= 15 is 0 Å². The van der Waals surface area contributed by atoms with Crippen LogP contribution in [0.2, 0.25) is 0 Å². The Balaban J connectivity index is 2.01. The summed E-state index contributed by atoms with van der Waals surface area (Å²) < 4.78 is 1.05. The van der Waals surface area contributed by atoms with Crippen molar-refractivity contribution in [2.45, 2.75) is 6.04 Å². The second-order valence-electron chi connectivity index (χ2n) is 4.98. The Morgan fingerprint density at radius 1 is 1.50 bits per heavy atom. The van der Waals surface area contributed by atoms with Crippen molar-refractivity contribution < 1.29 is 4.79 Å². The van der Waals surface area contributed by atoms with E-state index in [1.165, 1.54) is 0 Å². The van der Waals surface area contributed by atoms with Crippen molar-refractivity contribution in [3.8, 4) is 0 Å². The van der Waals surface area contributed by atoms with Crippen molar-refractivity contribution in [2.24, 2.45) is 0 Å². The first-order chi connectivity index (χ1) is 9.68. The number of hydrogen-bond acceptors (Lipinski definition) is 6. The quantitative estimate of drug-likeness (QED) is 0.876. The minimum absolute atomic E-state index is 0.0977. The molecule has 2 aromatic rings. The molecule has 0 aliphatic carbocycles. The molecular weight excluding hydrogens is 274 g/mol. The molecule has 1 fully saturated rings. The first-order valence-electron chi connectivity index (χ1n) is 6.55. The van der Waals surface area contributed by atoms with E-state index in [1.807, 2.05) is 11.4 Å². The summed E-state index contributed by atoms with van der Waals surface area (Å²) in [6, 6.07) is 1.77. The van der Waals surface area contributed by atoms with Crippen LogP contribution in [0.25, 0.3) is 10.2 Å². The molecule has 0 aromatic carbocycles. The van der Waals surface area contributed by atoms with Gasteiger partial charge in [-0.25, -0.2) is 9.97 Å². The maximum Gasteiger partial charge on any atom is 0.246 e. The van der Waals surface area contributed by atoms with Gasteiger partial charge in [0, 0.05) is 33.7 Å². The molecule has 3 rings (SSSR count). The average molecular weight is 291 g/mol. The molecule has 7 heteroatoms. The highest BCUT2D eigenvalue weighted by Crippen LogP contribution is 2.29. The fraction of sp³-hybridized carbons (Fsp3) is 0.462. The number of carbonyl (C=O) groups excluding carboxylic acids is 1. The maximum atomic E-state index is 12.4. The summed E-state index contributed by atoms with van der Waals surface area (Å²) in [6.45, 7) is 2.27. The van der Waals surface area contributed by atoms with Crippen molar-refractivity contribution in [2.75, 3.05) is 38.6 Å². The lowest BCUT2D eigenvalue weighted by Gasteiger charge is -2.37. The molecule has 3 heterocycles. The molecule has 0 radical (unpaired) electrons. The van der Waals surface area contributed by atoms with Crippen LogP contribution in [-0.4, -0.2) is 60.5 Å². The van der Waals surface area contributed by atoms with Gasteiger partial charge in [0.05, 0.1) is 10.2 Å². The molecule has 1 atom stereocenters. The zero-order valence-electron chi connectivity index (χ0n) is 11.5. The highest BCUT2D eigenvalue weighted by molar-refractivity contribution is 7.17. The number of amides is 1. The highest BCUT2D eigenvalue weighted by Gasteiger charge is 2.31. The highest BCUT2D eigenvalue weighted by atomic mass is 32.1. The third kappa shape index (κ3) is 2.23.